The van der Waals surface area contributed by atoms with Crippen LogP contribution in [0.2, 0.25) is 0 Å². The number of carbonyl (C=O) groups excluding carboxylic acids is 1. The summed E-state index contributed by atoms with van der Waals surface area (Å²) in [6.07, 6.45) is 58.2. The lowest BCUT2D eigenvalue weighted by atomic mass is 10.0. The molecule has 0 aliphatic carbocycles. The van der Waals surface area contributed by atoms with Crippen molar-refractivity contribution in [2.45, 2.75) is 283 Å². The monoisotopic (exact) mass is 925 g/mol. The second-order valence-corrected chi connectivity index (χ2v) is 21.7. The van der Waals surface area contributed by atoms with Gasteiger partial charge in [0.1, 0.15) is 13.2 Å². The van der Waals surface area contributed by atoms with Crippen LogP contribution in [0.1, 0.15) is 271 Å². The Bertz CT molecular complexity index is 1090. The normalized spacial score (nSPS) is 14.2. The number of rotatable bonds is 51. The highest BCUT2D eigenvalue weighted by Gasteiger charge is 2.23. The van der Waals surface area contributed by atoms with E-state index in [0.717, 1.165) is 38.5 Å². The van der Waals surface area contributed by atoms with Crippen LogP contribution in [0.3, 0.4) is 0 Å². The van der Waals surface area contributed by atoms with Gasteiger partial charge in [0.15, 0.2) is 0 Å². The number of nitrogens with zero attached hydrogens (tertiary/aromatic N) is 1. The van der Waals surface area contributed by atoms with Crippen molar-refractivity contribution in [3.63, 3.8) is 0 Å². The summed E-state index contributed by atoms with van der Waals surface area (Å²) in [6, 6.07) is -0.885. The molecule has 2 N–H and O–H groups in total. The van der Waals surface area contributed by atoms with Gasteiger partial charge in [0, 0.05) is 6.42 Å². The standard InChI is InChI=1S/C55H109N2O6P/c1-6-8-10-12-14-16-18-20-22-24-25-26-27-28-29-30-31-32-33-35-37-39-41-43-45-47-49-55(59)56-53(52-63-64(60,61)62-51-50-57(3,4)5)54(58)48-46-44-42-40-38-36-34-23-21-19-17-15-13-11-9-7-2/h28-29,46,48,53-54,58H,6-27,30-45,47,49-52H2,1-5H3,(H-,56,59,60,61)/b29-28-,48-46+. The molecule has 0 aliphatic heterocycles. The predicted octanol–water partition coefficient (Wildman–Crippen LogP) is 15.8. The average Bonchev–Trinajstić information content (AvgIpc) is 3.25. The molecule has 1 amide bonds. The molecule has 0 aliphatic rings. The number of likely N-dealkylation sites (N-methyl/N-ethyl adjacent to an activating group) is 1. The Kier molecular flexibility index (Phi) is 46.3. The highest BCUT2D eigenvalue weighted by molar-refractivity contribution is 7.45. The first-order valence-electron chi connectivity index (χ1n) is 27.7. The van der Waals surface area contributed by atoms with E-state index in [1.807, 2.05) is 27.2 Å². The fourth-order valence-corrected chi connectivity index (χ4v) is 8.99. The first kappa shape index (κ1) is 63.0. The van der Waals surface area contributed by atoms with Crippen LogP contribution in [0.4, 0.5) is 0 Å². The fraction of sp³-hybridized carbons (Fsp3) is 0.909. The Balaban J connectivity index is 4.18. The Hall–Kier alpha value is -1.02. The van der Waals surface area contributed by atoms with Crippen LogP contribution >= 0.6 is 7.82 Å². The van der Waals surface area contributed by atoms with Crippen LogP contribution in [0.25, 0.3) is 0 Å². The molecule has 64 heavy (non-hydrogen) atoms. The van der Waals surface area contributed by atoms with Crippen molar-refractivity contribution in [3.8, 4) is 0 Å². The highest BCUT2D eigenvalue weighted by atomic mass is 31.2. The van der Waals surface area contributed by atoms with Crippen LogP contribution < -0.4 is 10.2 Å². The third kappa shape index (κ3) is 48.9. The minimum absolute atomic E-state index is 0.000377. The number of phosphoric ester groups is 1. The highest BCUT2D eigenvalue weighted by Crippen LogP contribution is 2.38. The predicted molar refractivity (Wildman–Crippen MR) is 275 cm³/mol. The molecule has 0 aromatic heterocycles. The van der Waals surface area contributed by atoms with Crippen LogP contribution in [0.5, 0.6) is 0 Å². The van der Waals surface area contributed by atoms with Gasteiger partial charge in [-0.25, -0.2) is 0 Å². The summed E-state index contributed by atoms with van der Waals surface area (Å²) in [7, 11) is 1.27. The largest absolute Gasteiger partial charge is 0.756 e. The molecule has 0 fully saturated rings. The van der Waals surface area contributed by atoms with E-state index in [4.69, 9.17) is 9.05 Å². The summed E-state index contributed by atoms with van der Waals surface area (Å²) in [5, 5.41) is 13.9. The minimum atomic E-state index is -4.59. The van der Waals surface area contributed by atoms with E-state index in [2.05, 4.69) is 31.3 Å². The molecular formula is C55H109N2O6P. The molecule has 3 unspecified atom stereocenters. The van der Waals surface area contributed by atoms with Gasteiger partial charge in [-0.1, -0.05) is 244 Å². The van der Waals surface area contributed by atoms with Gasteiger partial charge in [0.05, 0.1) is 39.9 Å². The number of phosphoric acid groups is 1. The van der Waals surface area contributed by atoms with Crippen molar-refractivity contribution in [2.24, 2.45) is 0 Å². The van der Waals surface area contributed by atoms with Gasteiger partial charge in [0.25, 0.3) is 7.82 Å². The van der Waals surface area contributed by atoms with E-state index in [1.54, 1.807) is 6.08 Å². The minimum Gasteiger partial charge on any atom is -0.756 e. The van der Waals surface area contributed by atoms with E-state index >= 15 is 0 Å². The number of amides is 1. The number of hydrogen-bond acceptors (Lipinski definition) is 6. The molecule has 0 heterocycles. The molecular weight excluding hydrogens is 816 g/mol. The van der Waals surface area contributed by atoms with Gasteiger partial charge in [-0.15, -0.1) is 0 Å². The van der Waals surface area contributed by atoms with Crippen LogP contribution in [-0.2, 0) is 18.4 Å². The van der Waals surface area contributed by atoms with Crippen LogP contribution in [0, 0.1) is 0 Å². The molecule has 0 aromatic carbocycles. The van der Waals surface area contributed by atoms with Gasteiger partial charge in [-0.2, -0.15) is 0 Å². The molecule has 0 rings (SSSR count). The average molecular weight is 925 g/mol. The van der Waals surface area contributed by atoms with Gasteiger partial charge in [-0.05, 0) is 44.9 Å². The third-order valence-electron chi connectivity index (χ3n) is 12.7. The van der Waals surface area contributed by atoms with Crippen LogP contribution in [-0.4, -0.2) is 68.5 Å². The quantitative estimate of drug-likeness (QED) is 0.0272. The number of nitrogens with one attached hydrogen (secondary N) is 1. The van der Waals surface area contributed by atoms with Crippen LogP contribution in [0.15, 0.2) is 24.3 Å². The Morgan fingerprint density at radius 3 is 1.22 bits per heavy atom. The summed E-state index contributed by atoms with van der Waals surface area (Å²) >= 11 is 0. The molecule has 0 aromatic rings. The van der Waals surface area contributed by atoms with Crippen molar-refractivity contribution < 1.29 is 32.9 Å². The maximum atomic E-state index is 12.9. The molecule has 0 spiro atoms. The summed E-state index contributed by atoms with van der Waals surface area (Å²) < 4.78 is 23.3. The summed E-state index contributed by atoms with van der Waals surface area (Å²) in [5.74, 6) is -0.195. The van der Waals surface area contributed by atoms with E-state index < -0.39 is 20.0 Å². The zero-order valence-corrected chi connectivity index (χ0v) is 44.1. The van der Waals surface area contributed by atoms with Gasteiger partial charge < -0.3 is 28.8 Å². The molecule has 3 atom stereocenters. The van der Waals surface area contributed by atoms with Gasteiger partial charge in [0.2, 0.25) is 5.91 Å². The summed E-state index contributed by atoms with van der Waals surface area (Å²) in [6.45, 7) is 4.68. The van der Waals surface area contributed by atoms with Crippen molar-refractivity contribution in [1.29, 1.82) is 0 Å². The van der Waals surface area contributed by atoms with E-state index in [1.165, 1.54) is 212 Å². The number of aliphatic hydroxyl groups is 1. The number of aliphatic hydroxyl groups excluding tert-OH is 1. The van der Waals surface area contributed by atoms with Gasteiger partial charge in [-0.3, -0.25) is 9.36 Å². The SMILES string of the molecule is CCCCCCCCCCCCCC/C=C\CCCCCCCCCCCCC(=O)NC(COP(=O)([O-])OCC[N+](C)(C)C)C(O)/C=C/CCCCCCCCCCCCCCCC. The fourth-order valence-electron chi connectivity index (χ4n) is 8.27. The zero-order chi connectivity index (χ0) is 47.1. The number of allylic oxidation sites excluding steroid dienone is 3. The maximum absolute atomic E-state index is 12.9. The summed E-state index contributed by atoms with van der Waals surface area (Å²) in [5.41, 5.74) is 0. The van der Waals surface area contributed by atoms with Crippen molar-refractivity contribution in [1.82, 2.24) is 5.32 Å². The molecule has 8 nitrogen and oxygen atoms in total. The van der Waals surface area contributed by atoms with Crippen molar-refractivity contribution >= 4 is 13.7 Å². The molecule has 9 heteroatoms. The first-order valence-corrected chi connectivity index (χ1v) is 29.2. The van der Waals surface area contributed by atoms with Crippen molar-refractivity contribution in [2.75, 3.05) is 40.9 Å². The van der Waals surface area contributed by atoms with E-state index in [9.17, 15) is 19.4 Å². The second-order valence-electron chi connectivity index (χ2n) is 20.3. The lowest BCUT2D eigenvalue weighted by Gasteiger charge is -2.29. The number of carbonyl (C=O) groups is 1. The first-order chi connectivity index (χ1) is 31.0. The summed E-state index contributed by atoms with van der Waals surface area (Å²) in [4.78, 5) is 25.4. The second kappa shape index (κ2) is 47.1. The molecule has 380 valence electrons. The number of unbranched alkanes of at least 4 members (excludes halogenated alkanes) is 36. The van der Waals surface area contributed by atoms with E-state index in [0.29, 0.717) is 17.4 Å². The molecule has 0 saturated heterocycles. The maximum Gasteiger partial charge on any atom is 0.268 e. The zero-order valence-electron chi connectivity index (χ0n) is 43.3. The topological polar surface area (TPSA) is 108 Å². The Morgan fingerprint density at radius 1 is 0.531 bits per heavy atom. The van der Waals surface area contributed by atoms with E-state index in [-0.39, 0.29) is 19.1 Å². The third-order valence-corrected chi connectivity index (χ3v) is 13.6. The molecule has 0 bridgehead atoms. The Morgan fingerprint density at radius 2 is 0.859 bits per heavy atom. The van der Waals surface area contributed by atoms with Gasteiger partial charge >= 0.3 is 0 Å². The lowest BCUT2D eigenvalue weighted by Crippen LogP contribution is -2.45. The van der Waals surface area contributed by atoms with Crippen molar-refractivity contribution in [3.05, 3.63) is 24.3 Å². The smallest absolute Gasteiger partial charge is 0.268 e. The Labute approximate surface area is 398 Å². The number of hydrogen-bond donors (Lipinski definition) is 2. The molecule has 0 radical (unpaired) electrons. The molecule has 0 saturated carbocycles. The lowest BCUT2D eigenvalue weighted by molar-refractivity contribution is -0.870. The number of quaternary nitrogens is 1.